The molecule has 22 heavy (non-hydrogen) atoms. The molecular formula is C16H13FO5. The quantitative estimate of drug-likeness (QED) is 0.783. The van der Waals surface area contributed by atoms with Crippen molar-refractivity contribution in [2.75, 3.05) is 14.2 Å². The minimum absolute atomic E-state index is 0.116. The highest BCUT2D eigenvalue weighted by atomic mass is 19.1. The third-order valence-electron chi connectivity index (χ3n) is 3.76. The molecule has 1 aliphatic heterocycles. The minimum Gasteiger partial charge on any atom is -0.477 e. The van der Waals surface area contributed by atoms with E-state index in [2.05, 4.69) is 4.74 Å². The van der Waals surface area contributed by atoms with Crippen molar-refractivity contribution < 1.29 is 28.2 Å². The predicted molar refractivity (Wildman–Crippen MR) is 73.8 cm³/mol. The minimum atomic E-state index is -0.744. The molecule has 114 valence electrons. The van der Waals surface area contributed by atoms with Crippen LogP contribution in [0.15, 0.2) is 35.6 Å². The summed E-state index contributed by atoms with van der Waals surface area (Å²) < 4.78 is 28.4. The Kier molecular flexibility index (Phi) is 3.44. The van der Waals surface area contributed by atoms with Gasteiger partial charge in [-0.1, -0.05) is 18.2 Å². The molecule has 0 aromatic heterocycles. The fourth-order valence-corrected chi connectivity index (χ4v) is 2.77. The lowest BCUT2D eigenvalue weighted by Gasteiger charge is -2.23. The highest BCUT2D eigenvalue weighted by molar-refractivity contribution is 6.01. The predicted octanol–water partition coefficient (Wildman–Crippen LogP) is 2.14. The summed E-state index contributed by atoms with van der Waals surface area (Å²) in [5.74, 6) is -2.39. The van der Waals surface area contributed by atoms with Crippen molar-refractivity contribution in [3.8, 4) is 0 Å². The van der Waals surface area contributed by atoms with Crippen LogP contribution in [-0.2, 0) is 23.8 Å². The molecule has 6 heteroatoms. The Morgan fingerprint density at radius 1 is 1.18 bits per heavy atom. The van der Waals surface area contributed by atoms with Crippen LogP contribution in [0.5, 0.6) is 0 Å². The molecular weight excluding hydrogens is 291 g/mol. The van der Waals surface area contributed by atoms with E-state index in [4.69, 9.17) is 9.47 Å². The molecule has 0 fully saturated rings. The number of hydrogen-bond donors (Lipinski definition) is 0. The molecule has 1 heterocycles. The molecule has 2 aliphatic rings. The summed E-state index contributed by atoms with van der Waals surface area (Å²) in [6, 6.07) is 4.27. The second-order valence-corrected chi connectivity index (χ2v) is 4.92. The van der Waals surface area contributed by atoms with Gasteiger partial charge < -0.3 is 14.2 Å². The molecule has 0 N–H and O–H groups in total. The molecule has 0 saturated carbocycles. The molecule has 5 nitrogen and oxygen atoms in total. The third kappa shape index (κ3) is 2.07. The zero-order valence-electron chi connectivity index (χ0n) is 12.0. The van der Waals surface area contributed by atoms with E-state index in [9.17, 15) is 14.0 Å². The first-order chi connectivity index (χ1) is 10.6. The van der Waals surface area contributed by atoms with Gasteiger partial charge in [-0.25, -0.2) is 14.0 Å². The summed E-state index contributed by atoms with van der Waals surface area (Å²) in [6.45, 7) is 0. The van der Waals surface area contributed by atoms with E-state index in [1.807, 2.05) is 0 Å². The van der Waals surface area contributed by atoms with Gasteiger partial charge in [-0.05, 0) is 17.7 Å². The molecule has 0 radical (unpaired) electrons. The largest absolute Gasteiger partial charge is 0.477 e. The van der Waals surface area contributed by atoms with Crippen LogP contribution in [-0.4, -0.2) is 26.2 Å². The van der Waals surface area contributed by atoms with Crippen LogP contribution in [0.1, 0.15) is 17.2 Å². The van der Waals surface area contributed by atoms with Crippen molar-refractivity contribution in [1.82, 2.24) is 0 Å². The topological polar surface area (TPSA) is 61.8 Å². The molecule has 0 spiro atoms. The van der Waals surface area contributed by atoms with Crippen LogP contribution in [0.2, 0.25) is 0 Å². The first-order valence-electron chi connectivity index (χ1n) is 6.62. The van der Waals surface area contributed by atoms with Crippen molar-refractivity contribution in [3.63, 3.8) is 0 Å². The van der Waals surface area contributed by atoms with Crippen molar-refractivity contribution in [1.29, 1.82) is 0 Å². The Morgan fingerprint density at radius 2 is 1.91 bits per heavy atom. The fourth-order valence-electron chi connectivity index (χ4n) is 2.77. The van der Waals surface area contributed by atoms with Gasteiger partial charge in [0.15, 0.2) is 0 Å². The van der Waals surface area contributed by atoms with E-state index in [1.54, 1.807) is 18.2 Å². The van der Waals surface area contributed by atoms with Gasteiger partial charge >= 0.3 is 11.9 Å². The Hall–Kier alpha value is -2.63. The van der Waals surface area contributed by atoms with Gasteiger partial charge in [-0.3, -0.25) is 0 Å². The monoisotopic (exact) mass is 304 g/mol. The van der Waals surface area contributed by atoms with E-state index in [-0.39, 0.29) is 17.1 Å². The molecule has 0 bridgehead atoms. The smallest absolute Gasteiger partial charge is 0.373 e. The lowest BCUT2D eigenvalue weighted by Crippen LogP contribution is -2.18. The zero-order chi connectivity index (χ0) is 15.9. The van der Waals surface area contributed by atoms with Crippen LogP contribution in [0, 0.1) is 11.7 Å². The maximum absolute atomic E-state index is 13.3. The average molecular weight is 304 g/mol. The average Bonchev–Trinajstić information content (AvgIpc) is 2.92. The molecule has 0 unspecified atom stereocenters. The Labute approximate surface area is 126 Å². The van der Waals surface area contributed by atoms with E-state index in [0.717, 1.165) is 0 Å². The molecule has 1 aromatic carbocycles. The van der Waals surface area contributed by atoms with Crippen LogP contribution in [0.3, 0.4) is 0 Å². The van der Waals surface area contributed by atoms with Crippen molar-refractivity contribution in [2.45, 2.75) is 6.10 Å². The standard InChI is InChI=1S/C16H13FO5/c1-20-15(18)12-11-5-3-8-7-9(17)4-6-10(8)13(11)22-14(12)16(19)21-2/h3-7,11,13H,1-2H3/t11-,13-/m1/s1. The van der Waals surface area contributed by atoms with E-state index in [0.29, 0.717) is 11.1 Å². The van der Waals surface area contributed by atoms with E-state index >= 15 is 0 Å². The zero-order valence-corrected chi connectivity index (χ0v) is 12.0. The summed E-state index contributed by atoms with van der Waals surface area (Å²) in [5.41, 5.74) is 1.47. The number of methoxy groups -OCH3 is 2. The van der Waals surface area contributed by atoms with E-state index < -0.39 is 24.0 Å². The van der Waals surface area contributed by atoms with Crippen LogP contribution in [0.4, 0.5) is 4.39 Å². The van der Waals surface area contributed by atoms with Crippen LogP contribution < -0.4 is 0 Å². The lowest BCUT2D eigenvalue weighted by molar-refractivity contribution is -0.142. The number of benzene rings is 1. The molecule has 3 rings (SSSR count). The van der Waals surface area contributed by atoms with Crippen molar-refractivity contribution in [2.24, 2.45) is 5.92 Å². The SMILES string of the molecule is COC(=O)C1=C(C(=O)OC)[C@H]2C=Cc3cc(F)ccc3[C@H]2O1. The first-order valence-corrected chi connectivity index (χ1v) is 6.62. The summed E-state index contributed by atoms with van der Waals surface area (Å²) in [6.07, 6.45) is 2.82. The van der Waals surface area contributed by atoms with Crippen molar-refractivity contribution >= 4 is 18.0 Å². The van der Waals surface area contributed by atoms with Crippen LogP contribution in [0.25, 0.3) is 6.08 Å². The fraction of sp³-hybridized carbons (Fsp3) is 0.250. The summed E-state index contributed by atoms with van der Waals surface area (Å²) in [4.78, 5) is 23.9. The highest BCUT2D eigenvalue weighted by Crippen LogP contribution is 2.46. The van der Waals surface area contributed by atoms with Gasteiger partial charge in [0.25, 0.3) is 0 Å². The second-order valence-electron chi connectivity index (χ2n) is 4.92. The third-order valence-corrected chi connectivity index (χ3v) is 3.76. The number of ether oxygens (including phenoxy) is 3. The van der Waals surface area contributed by atoms with Gasteiger partial charge in [0.2, 0.25) is 5.76 Å². The molecule has 1 aliphatic carbocycles. The molecule has 1 aromatic rings. The lowest BCUT2D eigenvalue weighted by atomic mass is 9.83. The molecule has 0 saturated heterocycles. The first kappa shape index (κ1) is 14.3. The number of hydrogen-bond acceptors (Lipinski definition) is 5. The number of carbonyl (C=O) groups excluding carboxylic acids is 2. The van der Waals surface area contributed by atoms with Crippen molar-refractivity contribution in [3.05, 3.63) is 52.6 Å². The maximum atomic E-state index is 13.3. The van der Waals surface area contributed by atoms with Gasteiger partial charge in [-0.2, -0.15) is 0 Å². The van der Waals surface area contributed by atoms with Gasteiger partial charge in [-0.15, -0.1) is 0 Å². The Bertz CT molecular complexity index is 719. The molecule has 0 amide bonds. The van der Waals surface area contributed by atoms with Crippen LogP contribution >= 0.6 is 0 Å². The van der Waals surface area contributed by atoms with E-state index in [1.165, 1.54) is 26.4 Å². The van der Waals surface area contributed by atoms with Gasteiger partial charge in [0, 0.05) is 5.56 Å². The van der Waals surface area contributed by atoms with Gasteiger partial charge in [0.05, 0.1) is 25.7 Å². The summed E-state index contributed by atoms with van der Waals surface area (Å²) >= 11 is 0. The second kappa shape index (κ2) is 5.29. The number of carbonyl (C=O) groups is 2. The number of halogens is 1. The number of esters is 2. The Morgan fingerprint density at radius 3 is 2.59 bits per heavy atom. The van der Waals surface area contributed by atoms with Gasteiger partial charge in [0.1, 0.15) is 11.9 Å². The normalized spacial score (nSPS) is 21.8. The summed E-state index contributed by atoms with van der Waals surface area (Å²) in [5, 5.41) is 0. The number of rotatable bonds is 2. The highest BCUT2D eigenvalue weighted by Gasteiger charge is 2.45. The Balaban J connectivity index is 2.08. The summed E-state index contributed by atoms with van der Waals surface area (Å²) in [7, 11) is 2.43. The molecule has 2 atom stereocenters. The maximum Gasteiger partial charge on any atom is 0.373 e. The number of fused-ring (bicyclic) bond motifs is 3.